The molecule has 1 amide bonds. The van der Waals surface area contributed by atoms with Gasteiger partial charge in [0.05, 0.1) is 12.4 Å². The number of nitrogens with one attached hydrogen (secondary N) is 1. The molecule has 1 heterocycles. The summed E-state index contributed by atoms with van der Waals surface area (Å²) < 4.78 is 0. The summed E-state index contributed by atoms with van der Waals surface area (Å²) in [4.78, 5) is 16.6. The Labute approximate surface area is 144 Å². The van der Waals surface area contributed by atoms with E-state index in [0.29, 0.717) is 0 Å². The van der Waals surface area contributed by atoms with Gasteiger partial charge in [0.1, 0.15) is 5.03 Å². The molecule has 5 heteroatoms. The molecule has 3 rings (SSSR count). The molecule has 3 aromatic rings. The van der Waals surface area contributed by atoms with Crippen molar-refractivity contribution >= 4 is 34.1 Å². The standard InChI is InChI=1S/C19H18N2O2S/c1-13-6-7-14(11-22)10-17(13)21-18(23)12-24-19-16-5-3-2-4-15(16)8-9-20-19/h2-10,22H,11-12H2,1H3,(H,21,23). The fraction of sp³-hybridized carbons (Fsp3) is 0.158. The summed E-state index contributed by atoms with van der Waals surface area (Å²) in [6.45, 7) is 1.88. The Balaban J connectivity index is 1.69. The Bertz CT molecular complexity index is 875. The Hall–Kier alpha value is -2.37. The third-order valence-corrected chi connectivity index (χ3v) is 4.74. The molecule has 0 atom stereocenters. The van der Waals surface area contributed by atoms with Crippen molar-refractivity contribution in [1.82, 2.24) is 4.98 Å². The van der Waals surface area contributed by atoms with E-state index in [1.807, 2.05) is 49.4 Å². The van der Waals surface area contributed by atoms with Crippen LogP contribution in [0.3, 0.4) is 0 Å². The van der Waals surface area contributed by atoms with Crippen LogP contribution >= 0.6 is 11.8 Å². The first-order valence-corrected chi connectivity index (χ1v) is 8.63. The van der Waals surface area contributed by atoms with Crippen molar-refractivity contribution in [3.05, 3.63) is 65.9 Å². The lowest BCUT2D eigenvalue weighted by Gasteiger charge is -2.10. The number of aryl methyl sites for hydroxylation is 1. The molecular formula is C19H18N2O2S. The number of aliphatic hydroxyl groups excluding tert-OH is 1. The lowest BCUT2D eigenvalue weighted by atomic mass is 10.1. The van der Waals surface area contributed by atoms with E-state index in [9.17, 15) is 9.90 Å². The summed E-state index contributed by atoms with van der Waals surface area (Å²) in [7, 11) is 0. The van der Waals surface area contributed by atoms with Gasteiger partial charge in [-0.15, -0.1) is 0 Å². The number of nitrogens with zero attached hydrogens (tertiary/aromatic N) is 1. The molecule has 0 bridgehead atoms. The van der Waals surface area contributed by atoms with Gasteiger partial charge in [-0.2, -0.15) is 0 Å². The second kappa shape index (κ2) is 7.47. The first-order chi connectivity index (χ1) is 11.7. The molecule has 0 fully saturated rings. The number of thioether (sulfide) groups is 1. The highest BCUT2D eigenvalue weighted by Crippen LogP contribution is 2.25. The zero-order valence-corrected chi connectivity index (χ0v) is 14.1. The van der Waals surface area contributed by atoms with E-state index in [-0.39, 0.29) is 18.3 Å². The van der Waals surface area contributed by atoms with Crippen LogP contribution in [0.15, 0.2) is 59.8 Å². The van der Waals surface area contributed by atoms with Gasteiger partial charge >= 0.3 is 0 Å². The zero-order chi connectivity index (χ0) is 16.9. The molecule has 4 nitrogen and oxygen atoms in total. The Morgan fingerprint density at radius 3 is 2.88 bits per heavy atom. The van der Waals surface area contributed by atoms with Crippen LogP contribution in [-0.4, -0.2) is 21.8 Å². The molecule has 1 aromatic heterocycles. The molecule has 0 radical (unpaired) electrons. The number of carbonyl (C=O) groups is 1. The quantitative estimate of drug-likeness (QED) is 0.695. The van der Waals surface area contributed by atoms with Gasteiger partial charge in [-0.3, -0.25) is 4.79 Å². The molecule has 0 unspecified atom stereocenters. The van der Waals surface area contributed by atoms with E-state index < -0.39 is 0 Å². The van der Waals surface area contributed by atoms with Gasteiger partial charge < -0.3 is 10.4 Å². The number of amides is 1. The van der Waals surface area contributed by atoms with Gasteiger partial charge in [0.25, 0.3) is 0 Å². The van der Waals surface area contributed by atoms with E-state index in [0.717, 1.165) is 32.6 Å². The van der Waals surface area contributed by atoms with Gasteiger partial charge in [0.2, 0.25) is 5.91 Å². The second-order valence-corrected chi connectivity index (χ2v) is 6.45. The van der Waals surface area contributed by atoms with Gasteiger partial charge in [0.15, 0.2) is 0 Å². The number of fused-ring (bicyclic) bond motifs is 1. The maximum Gasteiger partial charge on any atom is 0.234 e. The number of anilines is 1. The molecule has 24 heavy (non-hydrogen) atoms. The Kier molecular flexibility index (Phi) is 5.13. The SMILES string of the molecule is Cc1ccc(CO)cc1NC(=O)CSc1nccc2ccccc12. The van der Waals surface area contributed by atoms with Crippen LogP contribution < -0.4 is 5.32 Å². The lowest BCUT2D eigenvalue weighted by Crippen LogP contribution is -2.15. The van der Waals surface area contributed by atoms with Gasteiger partial charge in [-0.05, 0) is 35.6 Å². The fourth-order valence-electron chi connectivity index (χ4n) is 2.43. The predicted molar refractivity (Wildman–Crippen MR) is 98.2 cm³/mol. The van der Waals surface area contributed by atoms with Crippen LogP contribution in [0.4, 0.5) is 5.69 Å². The molecule has 2 aromatic carbocycles. The predicted octanol–water partition coefficient (Wildman–Crippen LogP) is 3.77. The summed E-state index contributed by atoms with van der Waals surface area (Å²) in [6, 6.07) is 15.5. The number of aromatic nitrogens is 1. The van der Waals surface area contributed by atoms with Crippen molar-refractivity contribution in [3.8, 4) is 0 Å². The first kappa shape index (κ1) is 16.5. The minimum atomic E-state index is -0.0899. The summed E-state index contributed by atoms with van der Waals surface area (Å²) in [5.74, 6) is 0.192. The summed E-state index contributed by atoms with van der Waals surface area (Å²) >= 11 is 1.42. The maximum atomic E-state index is 12.3. The molecule has 0 spiro atoms. The molecule has 0 aliphatic rings. The van der Waals surface area contributed by atoms with Crippen molar-refractivity contribution in [2.24, 2.45) is 0 Å². The van der Waals surface area contributed by atoms with Crippen molar-refractivity contribution < 1.29 is 9.90 Å². The van der Waals surface area contributed by atoms with Crippen LogP contribution in [-0.2, 0) is 11.4 Å². The number of aliphatic hydroxyl groups is 1. The number of hydrogen-bond acceptors (Lipinski definition) is 4. The number of hydrogen-bond donors (Lipinski definition) is 2. The van der Waals surface area contributed by atoms with Crippen LogP contribution in [0.5, 0.6) is 0 Å². The first-order valence-electron chi connectivity index (χ1n) is 7.64. The average molecular weight is 338 g/mol. The molecule has 0 aliphatic heterocycles. The van der Waals surface area contributed by atoms with E-state index in [4.69, 9.17) is 0 Å². The van der Waals surface area contributed by atoms with Crippen molar-refractivity contribution in [2.75, 3.05) is 11.1 Å². The number of rotatable bonds is 5. The number of benzene rings is 2. The highest BCUT2D eigenvalue weighted by atomic mass is 32.2. The fourth-order valence-corrected chi connectivity index (χ4v) is 3.25. The monoisotopic (exact) mass is 338 g/mol. The third kappa shape index (κ3) is 3.75. The molecule has 122 valence electrons. The highest BCUT2D eigenvalue weighted by Gasteiger charge is 2.09. The summed E-state index contributed by atoms with van der Waals surface area (Å²) in [5, 5.41) is 15.1. The molecule has 2 N–H and O–H groups in total. The normalized spacial score (nSPS) is 10.8. The van der Waals surface area contributed by atoms with E-state index >= 15 is 0 Å². The highest BCUT2D eigenvalue weighted by molar-refractivity contribution is 8.00. The van der Waals surface area contributed by atoms with Gasteiger partial charge in [-0.1, -0.05) is 48.2 Å². The van der Waals surface area contributed by atoms with Crippen LogP contribution in [0, 0.1) is 6.92 Å². The van der Waals surface area contributed by atoms with E-state index in [2.05, 4.69) is 10.3 Å². The van der Waals surface area contributed by atoms with Crippen LogP contribution in [0.25, 0.3) is 10.8 Å². The molecular weight excluding hydrogens is 320 g/mol. The van der Waals surface area contributed by atoms with Crippen LogP contribution in [0.2, 0.25) is 0 Å². The smallest absolute Gasteiger partial charge is 0.234 e. The van der Waals surface area contributed by atoms with E-state index in [1.54, 1.807) is 12.3 Å². The Morgan fingerprint density at radius 2 is 2.04 bits per heavy atom. The zero-order valence-electron chi connectivity index (χ0n) is 13.3. The number of pyridine rings is 1. The Morgan fingerprint density at radius 1 is 1.21 bits per heavy atom. The minimum absolute atomic E-state index is 0.0438. The molecule has 0 saturated heterocycles. The third-order valence-electron chi connectivity index (χ3n) is 3.74. The number of carbonyl (C=O) groups excluding carboxylic acids is 1. The summed E-state index contributed by atoms with van der Waals surface area (Å²) in [5.41, 5.74) is 2.48. The largest absolute Gasteiger partial charge is 0.392 e. The van der Waals surface area contributed by atoms with Crippen molar-refractivity contribution in [1.29, 1.82) is 0 Å². The second-order valence-electron chi connectivity index (χ2n) is 5.48. The maximum absolute atomic E-state index is 12.3. The van der Waals surface area contributed by atoms with E-state index in [1.165, 1.54) is 11.8 Å². The topological polar surface area (TPSA) is 62.2 Å². The van der Waals surface area contributed by atoms with Crippen LogP contribution in [0.1, 0.15) is 11.1 Å². The lowest BCUT2D eigenvalue weighted by molar-refractivity contribution is -0.113. The van der Waals surface area contributed by atoms with Gasteiger partial charge in [0, 0.05) is 17.3 Å². The minimum Gasteiger partial charge on any atom is -0.392 e. The van der Waals surface area contributed by atoms with Crippen molar-refractivity contribution in [2.45, 2.75) is 18.6 Å². The molecule has 0 aliphatic carbocycles. The average Bonchev–Trinajstić information content (AvgIpc) is 2.61. The van der Waals surface area contributed by atoms with Crippen molar-refractivity contribution in [3.63, 3.8) is 0 Å². The summed E-state index contributed by atoms with van der Waals surface area (Å²) in [6.07, 6.45) is 1.76. The molecule has 0 saturated carbocycles. The van der Waals surface area contributed by atoms with Gasteiger partial charge in [-0.25, -0.2) is 4.98 Å².